The van der Waals surface area contributed by atoms with Crippen LogP contribution < -0.4 is 0 Å². The van der Waals surface area contributed by atoms with Crippen molar-refractivity contribution >= 4 is 17.7 Å². The zero-order valence-corrected chi connectivity index (χ0v) is 11.5. The predicted molar refractivity (Wildman–Crippen MR) is 70.9 cm³/mol. The average Bonchev–Trinajstić information content (AvgIpc) is 2.24. The molecule has 0 bridgehead atoms. The van der Waals surface area contributed by atoms with Crippen molar-refractivity contribution in [3.8, 4) is 0 Å². The lowest BCUT2D eigenvalue weighted by molar-refractivity contribution is 0.0458. The van der Waals surface area contributed by atoms with E-state index in [0.29, 0.717) is 5.02 Å². The van der Waals surface area contributed by atoms with Crippen LogP contribution in [-0.4, -0.2) is 33.4 Å². The summed E-state index contributed by atoms with van der Waals surface area (Å²) in [7, 11) is 0. The van der Waals surface area contributed by atoms with E-state index in [1.54, 1.807) is 45.0 Å². The van der Waals surface area contributed by atoms with E-state index in [2.05, 4.69) is 0 Å². The molecule has 100 valence electrons. The van der Waals surface area contributed by atoms with Crippen molar-refractivity contribution < 1.29 is 15.0 Å². The highest BCUT2D eigenvalue weighted by molar-refractivity contribution is 6.30. The first-order valence-corrected chi connectivity index (χ1v) is 6.03. The molecule has 5 heteroatoms. The third-order valence-electron chi connectivity index (χ3n) is 2.67. The van der Waals surface area contributed by atoms with Gasteiger partial charge in [0.25, 0.3) is 0 Å². The summed E-state index contributed by atoms with van der Waals surface area (Å²) in [5.74, 6) is 0. The van der Waals surface area contributed by atoms with Crippen LogP contribution >= 0.6 is 11.6 Å². The van der Waals surface area contributed by atoms with E-state index in [0.717, 1.165) is 5.56 Å². The van der Waals surface area contributed by atoms with Crippen LogP contribution in [0.25, 0.3) is 0 Å². The summed E-state index contributed by atoms with van der Waals surface area (Å²) in [5.41, 5.74) is 0.123. The Balaban J connectivity index is 3.14. The number of aliphatic hydroxyl groups excluding tert-OH is 1. The summed E-state index contributed by atoms with van der Waals surface area (Å²) in [6.45, 7) is 5.10. The molecule has 0 spiro atoms. The Morgan fingerprint density at radius 3 is 2.17 bits per heavy atom. The number of halogens is 1. The molecule has 0 fully saturated rings. The minimum absolute atomic E-state index is 0.273. The molecule has 18 heavy (non-hydrogen) atoms. The molecular weight excluding hydrogens is 254 g/mol. The minimum Gasteiger partial charge on any atom is -0.465 e. The van der Waals surface area contributed by atoms with Crippen LogP contribution in [0.1, 0.15) is 32.4 Å². The van der Waals surface area contributed by atoms with Crippen molar-refractivity contribution in [1.82, 2.24) is 4.90 Å². The fraction of sp³-hybridized carbons (Fsp3) is 0.462. The van der Waals surface area contributed by atoms with Crippen LogP contribution in [-0.2, 0) is 0 Å². The summed E-state index contributed by atoms with van der Waals surface area (Å²) in [5, 5.41) is 19.4. The van der Waals surface area contributed by atoms with Crippen LogP contribution in [0, 0.1) is 0 Å². The monoisotopic (exact) mass is 271 g/mol. The van der Waals surface area contributed by atoms with Gasteiger partial charge in [0.15, 0.2) is 0 Å². The fourth-order valence-corrected chi connectivity index (χ4v) is 2.03. The maximum Gasteiger partial charge on any atom is 0.408 e. The van der Waals surface area contributed by atoms with Crippen molar-refractivity contribution in [3.63, 3.8) is 0 Å². The third-order valence-corrected chi connectivity index (χ3v) is 2.92. The van der Waals surface area contributed by atoms with Gasteiger partial charge < -0.3 is 10.2 Å². The zero-order chi connectivity index (χ0) is 13.9. The van der Waals surface area contributed by atoms with Gasteiger partial charge in [0, 0.05) is 10.6 Å². The number of hydrogen-bond acceptors (Lipinski definition) is 2. The first-order chi connectivity index (χ1) is 8.27. The molecular formula is C13H18ClNO3. The molecule has 1 aromatic rings. The third kappa shape index (κ3) is 3.37. The van der Waals surface area contributed by atoms with Gasteiger partial charge >= 0.3 is 6.09 Å². The van der Waals surface area contributed by atoms with Crippen molar-refractivity contribution in [3.05, 3.63) is 34.9 Å². The van der Waals surface area contributed by atoms with Gasteiger partial charge in [-0.2, -0.15) is 0 Å². The highest BCUT2D eigenvalue weighted by atomic mass is 35.5. The lowest BCUT2D eigenvalue weighted by Gasteiger charge is -2.39. The van der Waals surface area contributed by atoms with E-state index >= 15 is 0 Å². The number of carbonyl (C=O) groups is 1. The second-order valence-corrected chi connectivity index (χ2v) is 5.51. The second-order valence-electron chi connectivity index (χ2n) is 5.07. The molecule has 2 N–H and O–H groups in total. The van der Waals surface area contributed by atoms with Gasteiger partial charge in [-0.05, 0) is 38.5 Å². The minimum atomic E-state index is -1.06. The molecule has 0 saturated heterocycles. The second kappa shape index (κ2) is 5.59. The summed E-state index contributed by atoms with van der Waals surface area (Å²) in [6.07, 6.45) is -1.06. The van der Waals surface area contributed by atoms with E-state index in [1.165, 1.54) is 4.90 Å². The lowest BCUT2D eigenvalue weighted by Crippen LogP contribution is -2.48. The highest BCUT2D eigenvalue weighted by Gasteiger charge is 2.33. The van der Waals surface area contributed by atoms with Crippen molar-refractivity contribution in [2.75, 3.05) is 6.61 Å². The molecule has 4 nitrogen and oxygen atoms in total. The topological polar surface area (TPSA) is 60.8 Å². The van der Waals surface area contributed by atoms with Crippen LogP contribution in [0.4, 0.5) is 4.79 Å². The van der Waals surface area contributed by atoms with Crippen LogP contribution in [0.2, 0.25) is 5.02 Å². The average molecular weight is 272 g/mol. The maximum absolute atomic E-state index is 11.4. The molecule has 1 amide bonds. The lowest BCUT2D eigenvalue weighted by atomic mass is 9.99. The van der Waals surface area contributed by atoms with Crippen LogP contribution in [0.3, 0.4) is 0 Å². The molecule has 0 heterocycles. The number of rotatable bonds is 3. The van der Waals surface area contributed by atoms with E-state index in [4.69, 9.17) is 11.6 Å². The summed E-state index contributed by atoms with van der Waals surface area (Å²) in [4.78, 5) is 12.6. The molecule has 1 rings (SSSR count). The van der Waals surface area contributed by atoms with Crippen LogP contribution in [0.5, 0.6) is 0 Å². The molecule has 1 atom stereocenters. The van der Waals surface area contributed by atoms with E-state index in [9.17, 15) is 15.0 Å². The summed E-state index contributed by atoms with van der Waals surface area (Å²) >= 11 is 5.80. The maximum atomic E-state index is 11.4. The number of aliphatic hydroxyl groups is 1. The number of hydrogen-bond donors (Lipinski definition) is 2. The van der Waals surface area contributed by atoms with E-state index in [1.807, 2.05) is 0 Å². The molecule has 0 unspecified atom stereocenters. The van der Waals surface area contributed by atoms with Gasteiger partial charge in [-0.25, -0.2) is 4.79 Å². The molecule has 0 aromatic heterocycles. The molecule has 0 radical (unpaired) electrons. The number of nitrogens with zero attached hydrogens (tertiary/aromatic N) is 1. The van der Waals surface area contributed by atoms with E-state index in [-0.39, 0.29) is 6.61 Å². The standard InChI is InChI=1S/C13H18ClNO3/c1-13(2,3)15(12(17)18)11(8-16)9-4-6-10(14)7-5-9/h4-7,11,16H,8H2,1-3H3,(H,17,18)/t11-/m0/s1. The molecule has 0 aliphatic rings. The number of carboxylic acid groups (broad SMARTS) is 1. The van der Waals surface area contributed by atoms with Crippen molar-refractivity contribution in [2.24, 2.45) is 0 Å². The van der Waals surface area contributed by atoms with E-state index < -0.39 is 17.7 Å². The van der Waals surface area contributed by atoms with Gasteiger partial charge in [0.1, 0.15) is 0 Å². The fourth-order valence-electron chi connectivity index (χ4n) is 1.91. The normalized spacial score (nSPS) is 13.2. The Morgan fingerprint density at radius 1 is 1.33 bits per heavy atom. The molecule has 0 saturated carbocycles. The Kier molecular flexibility index (Phi) is 4.59. The van der Waals surface area contributed by atoms with Gasteiger partial charge in [-0.3, -0.25) is 4.90 Å². The SMILES string of the molecule is CC(C)(C)N(C(=O)O)[C@@H](CO)c1ccc(Cl)cc1. The zero-order valence-electron chi connectivity index (χ0n) is 10.7. The quantitative estimate of drug-likeness (QED) is 0.888. The van der Waals surface area contributed by atoms with Gasteiger partial charge in [-0.1, -0.05) is 23.7 Å². The molecule has 0 aliphatic carbocycles. The van der Waals surface area contributed by atoms with Gasteiger partial charge in [0.2, 0.25) is 0 Å². The van der Waals surface area contributed by atoms with Gasteiger partial charge in [-0.15, -0.1) is 0 Å². The number of amides is 1. The predicted octanol–water partition coefficient (Wildman–Crippen LogP) is 3.15. The highest BCUT2D eigenvalue weighted by Crippen LogP contribution is 2.28. The largest absolute Gasteiger partial charge is 0.465 e. The number of benzene rings is 1. The summed E-state index contributed by atoms with van der Waals surface area (Å²) < 4.78 is 0. The Morgan fingerprint density at radius 2 is 1.83 bits per heavy atom. The first kappa shape index (κ1) is 14.8. The smallest absolute Gasteiger partial charge is 0.408 e. The Hall–Kier alpha value is -1.26. The van der Waals surface area contributed by atoms with Crippen molar-refractivity contribution in [2.45, 2.75) is 32.4 Å². The van der Waals surface area contributed by atoms with Gasteiger partial charge in [0.05, 0.1) is 12.6 Å². The Labute approximate surface area is 112 Å². The Bertz CT molecular complexity index is 411. The molecule has 0 aliphatic heterocycles. The first-order valence-electron chi connectivity index (χ1n) is 5.66. The van der Waals surface area contributed by atoms with Crippen LogP contribution in [0.15, 0.2) is 24.3 Å². The summed E-state index contributed by atoms with van der Waals surface area (Å²) in [6, 6.07) is 6.22. The molecule has 1 aromatic carbocycles. The van der Waals surface area contributed by atoms with Crippen molar-refractivity contribution in [1.29, 1.82) is 0 Å².